The molecule has 0 spiro atoms. The number of aromatic amines is 1. The van der Waals surface area contributed by atoms with Crippen molar-refractivity contribution in [1.29, 1.82) is 0 Å². The van der Waals surface area contributed by atoms with Crippen LogP contribution in [0.25, 0.3) is 16.7 Å². The average molecular weight is 262 g/mol. The SMILES string of the molecule is S=c1[nH]c2cncc(Cl)c2n1-c1ccccc1. The van der Waals surface area contributed by atoms with Crippen LogP contribution in [0, 0.1) is 4.77 Å². The lowest BCUT2D eigenvalue weighted by Crippen LogP contribution is -1.93. The Balaban J connectivity index is 2.45. The highest BCUT2D eigenvalue weighted by Gasteiger charge is 2.09. The van der Waals surface area contributed by atoms with Crippen LogP contribution in [-0.2, 0) is 0 Å². The van der Waals surface area contributed by atoms with E-state index in [9.17, 15) is 0 Å². The molecule has 2 aromatic heterocycles. The van der Waals surface area contributed by atoms with Gasteiger partial charge in [-0.3, -0.25) is 9.55 Å². The zero-order valence-electron chi connectivity index (χ0n) is 8.72. The number of fused-ring (bicyclic) bond motifs is 1. The molecule has 1 aromatic carbocycles. The van der Waals surface area contributed by atoms with Crippen molar-refractivity contribution >= 4 is 34.9 Å². The molecule has 2 heterocycles. The molecule has 0 radical (unpaired) electrons. The van der Waals surface area contributed by atoms with Gasteiger partial charge in [0, 0.05) is 11.9 Å². The second-order valence-corrected chi connectivity index (χ2v) is 4.41. The number of rotatable bonds is 1. The van der Waals surface area contributed by atoms with E-state index >= 15 is 0 Å². The van der Waals surface area contributed by atoms with Crippen molar-refractivity contribution in [3.8, 4) is 5.69 Å². The highest BCUT2D eigenvalue weighted by Crippen LogP contribution is 2.25. The van der Waals surface area contributed by atoms with Crippen molar-refractivity contribution in [2.45, 2.75) is 0 Å². The van der Waals surface area contributed by atoms with E-state index < -0.39 is 0 Å². The molecule has 3 rings (SSSR count). The second kappa shape index (κ2) is 3.98. The number of aromatic nitrogens is 3. The van der Waals surface area contributed by atoms with Gasteiger partial charge >= 0.3 is 0 Å². The van der Waals surface area contributed by atoms with Gasteiger partial charge in [-0.1, -0.05) is 29.8 Å². The van der Waals surface area contributed by atoms with Crippen LogP contribution in [-0.4, -0.2) is 14.5 Å². The molecule has 3 nitrogen and oxygen atoms in total. The smallest absolute Gasteiger partial charge is 0.182 e. The third kappa shape index (κ3) is 1.66. The molecule has 0 aliphatic carbocycles. The minimum Gasteiger partial charge on any atom is -0.329 e. The van der Waals surface area contributed by atoms with Crippen LogP contribution in [0.3, 0.4) is 0 Å². The number of pyridine rings is 1. The van der Waals surface area contributed by atoms with Crippen molar-refractivity contribution in [2.75, 3.05) is 0 Å². The molecule has 0 unspecified atom stereocenters. The Bertz CT molecular complexity index is 730. The zero-order chi connectivity index (χ0) is 11.8. The zero-order valence-corrected chi connectivity index (χ0v) is 10.3. The first kappa shape index (κ1) is 10.5. The van der Waals surface area contributed by atoms with Gasteiger partial charge in [0.1, 0.15) is 0 Å². The molecular formula is C12H8ClN3S. The maximum atomic E-state index is 6.18. The summed E-state index contributed by atoms with van der Waals surface area (Å²) in [6.07, 6.45) is 3.34. The van der Waals surface area contributed by atoms with Crippen LogP contribution >= 0.6 is 23.8 Å². The molecule has 0 saturated heterocycles. The maximum Gasteiger partial charge on any atom is 0.182 e. The topological polar surface area (TPSA) is 33.6 Å². The first-order valence-corrected chi connectivity index (χ1v) is 5.85. The maximum absolute atomic E-state index is 6.18. The third-order valence-electron chi connectivity index (χ3n) is 2.56. The van der Waals surface area contributed by atoms with E-state index in [0.29, 0.717) is 9.79 Å². The minimum absolute atomic E-state index is 0.582. The summed E-state index contributed by atoms with van der Waals surface area (Å²) in [6.45, 7) is 0. The van der Waals surface area contributed by atoms with Gasteiger partial charge in [0.2, 0.25) is 0 Å². The highest BCUT2D eigenvalue weighted by atomic mass is 35.5. The number of para-hydroxylation sites is 1. The highest BCUT2D eigenvalue weighted by molar-refractivity contribution is 7.71. The molecule has 84 valence electrons. The standard InChI is InChI=1S/C12H8ClN3S/c13-9-6-14-7-10-11(9)16(12(17)15-10)8-4-2-1-3-5-8/h1-7H,(H,15,17). The largest absolute Gasteiger partial charge is 0.329 e. The number of halogens is 1. The van der Waals surface area contributed by atoms with E-state index in [2.05, 4.69) is 9.97 Å². The summed E-state index contributed by atoms with van der Waals surface area (Å²) in [5.74, 6) is 0. The second-order valence-electron chi connectivity index (χ2n) is 3.62. The predicted molar refractivity (Wildman–Crippen MR) is 71.3 cm³/mol. The fraction of sp³-hybridized carbons (Fsp3) is 0. The Kier molecular flexibility index (Phi) is 2.46. The van der Waals surface area contributed by atoms with Crippen molar-refractivity contribution in [1.82, 2.24) is 14.5 Å². The van der Waals surface area contributed by atoms with E-state index in [1.54, 1.807) is 12.4 Å². The van der Waals surface area contributed by atoms with Gasteiger partial charge in [-0.15, -0.1) is 0 Å². The molecule has 5 heteroatoms. The van der Waals surface area contributed by atoms with Crippen LogP contribution in [0.2, 0.25) is 5.02 Å². The molecule has 1 N–H and O–H groups in total. The minimum atomic E-state index is 0.582. The van der Waals surface area contributed by atoms with E-state index in [4.69, 9.17) is 23.8 Å². The van der Waals surface area contributed by atoms with Gasteiger partial charge in [0.15, 0.2) is 4.77 Å². The summed E-state index contributed by atoms with van der Waals surface area (Å²) in [5, 5.41) is 0.582. The molecular weight excluding hydrogens is 254 g/mol. The van der Waals surface area contributed by atoms with Crippen LogP contribution in [0.15, 0.2) is 42.7 Å². The summed E-state index contributed by atoms with van der Waals surface area (Å²) in [6, 6.07) is 9.86. The van der Waals surface area contributed by atoms with Crippen LogP contribution in [0.5, 0.6) is 0 Å². The fourth-order valence-electron chi connectivity index (χ4n) is 1.84. The molecule has 0 amide bonds. The molecule has 0 atom stereocenters. The summed E-state index contributed by atoms with van der Waals surface area (Å²) in [5.41, 5.74) is 2.68. The summed E-state index contributed by atoms with van der Waals surface area (Å²) >= 11 is 11.5. The Hall–Kier alpha value is -1.65. The summed E-state index contributed by atoms with van der Waals surface area (Å²) in [4.78, 5) is 7.13. The Morgan fingerprint density at radius 2 is 1.94 bits per heavy atom. The lowest BCUT2D eigenvalue weighted by molar-refractivity contribution is 1.06. The van der Waals surface area contributed by atoms with Crippen molar-refractivity contribution in [3.63, 3.8) is 0 Å². The first-order valence-electron chi connectivity index (χ1n) is 5.07. The number of nitrogens with one attached hydrogen (secondary N) is 1. The van der Waals surface area contributed by atoms with E-state index in [1.165, 1.54) is 0 Å². The van der Waals surface area contributed by atoms with Crippen molar-refractivity contribution < 1.29 is 0 Å². The Morgan fingerprint density at radius 1 is 1.18 bits per heavy atom. The van der Waals surface area contributed by atoms with Gasteiger partial charge in [-0.05, 0) is 24.4 Å². The molecule has 0 aliphatic heterocycles. The van der Waals surface area contributed by atoms with Gasteiger partial charge < -0.3 is 4.98 Å². The monoisotopic (exact) mass is 261 g/mol. The van der Waals surface area contributed by atoms with E-state index in [0.717, 1.165) is 16.7 Å². The normalized spacial score (nSPS) is 10.9. The number of imidazole rings is 1. The lowest BCUT2D eigenvalue weighted by atomic mass is 10.3. The number of hydrogen-bond acceptors (Lipinski definition) is 2. The van der Waals surface area contributed by atoms with E-state index in [1.807, 2.05) is 34.9 Å². The van der Waals surface area contributed by atoms with E-state index in [-0.39, 0.29) is 0 Å². The van der Waals surface area contributed by atoms with Crippen LogP contribution in [0.4, 0.5) is 0 Å². The third-order valence-corrected chi connectivity index (χ3v) is 3.12. The lowest BCUT2D eigenvalue weighted by Gasteiger charge is -2.04. The summed E-state index contributed by atoms with van der Waals surface area (Å²) < 4.78 is 2.52. The number of H-pyrrole nitrogens is 1. The molecule has 17 heavy (non-hydrogen) atoms. The Labute approximate surface area is 108 Å². The molecule has 0 aliphatic rings. The van der Waals surface area contributed by atoms with Crippen LogP contribution in [0.1, 0.15) is 0 Å². The van der Waals surface area contributed by atoms with Gasteiger partial charge in [0.25, 0.3) is 0 Å². The first-order chi connectivity index (χ1) is 8.27. The number of hydrogen-bond donors (Lipinski definition) is 1. The molecule has 0 saturated carbocycles. The quantitative estimate of drug-likeness (QED) is 0.677. The van der Waals surface area contributed by atoms with Crippen molar-refractivity contribution in [2.24, 2.45) is 0 Å². The average Bonchev–Trinajstić information content (AvgIpc) is 2.68. The summed E-state index contributed by atoms with van der Waals surface area (Å²) in [7, 11) is 0. The Morgan fingerprint density at radius 3 is 2.71 bits per heavy atom. The molecule has 0 fully saturated rings. The molecule has 3 aromatic rings. The molecule has 0 bridgehead atoms. The van der Waals surface area contributed by atoms with Gasteiger partial charge in [-0.25, -0.2) is 0 Å². The fourth-order valence-corrected chi connectivity index (χ4v) is 2.39. The number of benzene rings is 1. The van der Waals surface area contributed by atoms with Crippen molar-refractivity contribution in [3.05, 3.63) is 52.5 Å². The predicted octanol–water partition coefficient (Wildman–Crippen LogP) is 3.74. The van der Waals surface area contributed by atoms with Gasteiger partial charge in [0.05, 0.1) is 22.3 Å². The van der Waals surface area contributed by atoms with Crippen LogP contribution < -0.4 is 0 Å². The number of nitrogens with zero attached hydrogens (tertiary/aromatic N) is 2. The van der Waals surface area contributed by atoms with Gasteiger partial charge in [-0.2, -0.15) is 0 Å².